The van der Waals surface area contributed by atoms with Crippen LogP contribution in [0.15, 0.2) is 49.1 Å². The van der Waals surface area contributed by atoms with Gasteiger partial charge in [0.2, 0.25) is 0 Å². The Bertz CT molecular complexity index is 3110. The number of carbonyl (C=O) groups is 1. The quantitative estimate of drug-likeness (QED) is 0.0118. The molecule has 1 aromatic rings. The number of unbranched alkanes of at least 4 members (excludes halogenated alkanes) is 9. The number of halogens is 1. The van der Waals surface area contributed by atoms with Gasteiger partial charge >= 0.3 is 32.4 Å². The standard InChI is InChI=1S/C28H64O6Si3.C19H42O4Si.C17H38O3Si2.C10H25NO3Si.C10H24O3Si2.C8H16O.C8H16.C7H5ClO3.C7H14/c1-10-31-37(32-11-2,33-12-3)25-17-14-13-15-21-28(29)26-30-22-19-24-36(8,9)34-35(6,7)23-18-16-20-27(4)5;1-7-21-24(22-8-2,23-9-3)17-13-11-10-12-15-19(6,20)16-14-18(4)5;1-16(2)10-7-8-12-21(3,4)20-22(5,6)13-9-11-18-14-17-15-19-17;1-4-12-15(13-5-2,14-6-3)10-8-7-9-11;1-14(2)13-15(3,4)7-5-6-11-8-10-9-12-10;1-7(2)4-5-8(3)6-9-8;1-7(2)5-6-8(3)4;8-6-3-1-2-5(4-6)7(9)11-10;1-4-5-6-7(2)3/h27-29H,10-26H2,1-9H3;18,20H,7-17H2,1-6H3;16-17H,7-15H2,1-6H3;4-11H2,1-3H3;10,14H,5-9H2,1-4H3;7H,4-6H2,1-3H3;8H,1,5-6H2,2-4H3;1-4,10H;4,7H,1,5-6H2,2-3H3. The van der Waals surface area contributed by atoms with Gasteiger partial charge in [-0.3, -0.25) is 4.89 Å². The molecular formula is C114H244ClNO23Si9. The molecule has 1 aromatic carbocycles. The first-order valence-electron chi connectivity index (χ1n) is 58.8. The Kier molecular flexibility index (Phi) is 99.2. The van der Waals surface area contributed by atoms with E-state index in [1.165, 1.54) is 113 Å². The molecule has 3 saturated heterocycles. The van der Waals surface area contributed by atoms with E-state index in [4.69, 9.17) is 103 Å². The molecule has 3 heterocycles. The van der Waals surface area contributed by atoms with Crippen LogP contribution in [0.2, 0.25) is 132 Å². The number of benzene rings is 1. The first-order valence-corrected chi connectivity index (χ1v) is 83.3. The molecule has 5 N–H and O–H groups in total. The molecule has 3 fully saturated rings. The Balaban J connectivity index is -0.000000543. The molecule has 148 heavy (non-hydrogen) atoms. The third kappa shape index (κ3) is 105. The number of hydrogen-bond acceptors (Lipinski definition) is 24. The van der Waals surface area contributed by atoms with Crippen LogP contribution in [0, 0.1) is 35.5 Å². The van der Waals surface area contributed by atoms with Crippen LogP contribution < -0.4 is 5.73 Å². The van der Waals surface area contributed by atoms with E-state index in [-0.39, 0.29) is 17.3 Å². The summed E-state index contributed by atoms with van der Waals surface area (Å²) in [5.74, 6) is 3.96. The fourth-order valence-corrected chi connectivity index (χ4v) is 49.1. The van der Waals surface area contributed by atoms with Crippen molar-refractivity contribution in [3.63, 3.8) is 0 Å². The number of ether oxygens (including phenoxy) is 6. The summed E-state index contributed by atoms with van der Waals surface area (Å²) in [6, 6.07) is 14.9. The number of epoxide rings is 3. The van der Waals surface area contributed by atoms with E-state index in [1.54, 1.807) is 12.1 Å². The molecule has 0 spiro atoms. The molecule has 4 rings (SSSR count). The monoisotopic (exact) mass is 2280 g/mol. The Morgan fingerprint density at radius 1 is 0.486 bits per heavy atom. The summed E-state index contributed by atoms with van der Waals surface area (Å²) in [4.78, 5) is 14.1. The van der Waals surface area contributed by atoms with Crippen molar-refractivity contribution in [3.05, 3.63) is 59.7 Å². The van der Waals surface area contributed by atoms with Crippen LogP contribution in [-0.2, 0) is 85.5 Å². The van der Waals surface area contributed by atoms with Crippen molar-refractivity contribution in [2.24, 2.45) is 41.2 Å². The fraction of sp³-hybridized carbons (Fsp3) is 0.904. The molecular weight excluding hydrogens is 2040 g/mol. The molecule has 0 aliphatic carbocycles. The summed E-state index contributed by atoms with van der Waals surface area (Å²) in [6.45, 7) is 101. The van der Waals surface area contributed by atoms with Crippen molar-refractivity contribution in [3.8, 4) is 0 Å². The number of allylic oxidation sites excluding steroid dienone is 2. The van der Waals surface area contributed by atoms with Gasteiger partial charge in [0.05, 0.1) is 62.5 Å². The zero-order valence-corrected chi connectivity index (χ0v) is 113. The maximum absolute atomic E-state index is 10.6. The molecule has 0 amide bonds. The van der Waals surface area contributed by atoms with Gasteiger partial charge in [-0.15, -0.1) is 13.2 Å². The van der Waals surface area contributed by atoms with Crippen molar-refractivity contribution >= 4 is 94.6 Å². The Hall–Kier alpha value is -0.468. The van der Waals surface area contributed by atoms with E-state index < -0.39 is 88.6 Å². The first-order chi connectivity index (χ1) is 69.4. The van der Waals surface area contributed by atoms with Gasteiger partial charge in [-0.25, -0.2) is 4.79 Å². The summed E-state index contributed by atoms with van der Waals surface area (Å²) in [6.07, 6.45) is 35.5. The van der Waals surface area contributed by atoms with Crippen molar-refractivity contribution in [1.82, 2.24) is 0 Å². The Morgan fingerprint density at radius 3 is 1.14 bits per heavy atom. The van der Waals surface area contributed by atoms with Crippen molar-refractivity contribution in [1.29, 1.82) is 0 Å². The Morgan fingerprint density at radius 2 is 0.824 bits per heavy atom. The number of carbonyl (C=O) groups excluding carboxylic acids is 1. The zero-order valence-electron chi connectivity index (χ0n) is 103. The van der Waals surface area contributed by atoms with Gasteiger partial charge in [-0.2, -0.15) is 5.26 Å². The topological polar surface area (TPSA) is 289 Å². The minimum atomic E-state index is -2.52. The first kappa shape index (κ1) is 156. The third-order valence-corrected chi connectivity index (χ3v) is 55.3. The average Bonchev–Trinajstić information content (AvgIpc) is 1.68. The summed E-state index contributed by atoms with van der Waals surface area (Å²) < 4.78 is 104. The normalized spacial score (nSPS) is 15.8. The lowest BCUT2D eigenvalue weighted by Gasteiger charge is -2.34. The SMILES string of the molecule is C=C(C)CCC(C)C.C=CCCC(C)C.CC(C)CCC1(C)CO1.CC(C)CCCC[Si](C)(C)O[Si](C)(C)CCCOCC1CO1.CCO[Si](CCCCCCC(C)(O)CCC(C)C)(OCC)OCC.CCO[Si](CCCCCCC(O)COCCC[Si](C)(C)O[Si](C)(C)CCCCC(C)C)(OCC)OCC.CCO[Si](CCCCN)(OCC)OCC.C[SiH](C)O[Si](C)(C)CCCOCC1CO1.O=C(OO)c1cccc(Cl)c1. The molecule has 5 atom stereocenters. The maximum Gasteiger partial charge on any atom is 0.500 e. The second-order valence-corrected chi connectivity index (χ2v) is 80.1. The van der Waals surface area contributed by atoms with Crippen LogP contribution in [0.5, 0.6) is 0 Å². The molecule has 0 radical (unpaired) electrons. The van der Waals surface area contributed by atoms with Gasteiger partial charge in [-0.1, -0.05) is 189 Å². The lowest BCUT2D eigenvalue weighted by Crippen LogP contribution is -2.45. The lowest BCUT2D eigenvalue weighted by molar-refractivity contribution is -0.182. The van der Waals surface area contributed by atoms with E-state index in [1.807, 2.05) is 75.3 Å². The van der Waals surface area contributed by atoms with Crippen LogP contribution in [0.1, 0.15) is 363 Å². The van der Waals surface area contributed by atoms with Crippen LogP contribution in [0.4, 0.5) is 0 Å². The highest BCUT2D eigenvalue weighted by atomic mass is 35.5. The van der Waals surface area contributed by atoms with Gasteiger partial charge in [-0.05, 0) is 361 Å². The van der Waals surface area contributed by atoms with E-state index >= 15 is 0 Å². The smallest absolute Gasteiger partial charge is 0.458 e. The number of nitrogens with two attached hydrogens (primary N) is 1. The second-order valence-electron chi connectivity index (χ2n) is 46.7. The van der Waals surface area contributed by atoms with Gasteiger partial charge in [0.15, 0.2) is 50.6 Å². The van der Waals surface area contributed by atoms with Gasteiger partial charge in [0.25, 0.3) is 0 Å². The van der Waals surface area contributed by atoms with Gasteiger partial charge in [0.1, 0.15) is 12.2 Å². The zero-order chi connectivity index (χ0) is 114. The lowest BCUT2D eigenvalue weighted by atomic mass is 9.90. The van der Waals surface area contributed by atoms with Gasteiger partial charge < -0.3 is 96.5 Å². The molecule has 0 bridgehead atoms. The van der Waals surface area contributed by atoms with Crippen LogP contribution in [-0.4, -0.2) is 253 Å². The summed E-state index contributed by atoms with van der Waals surface area (Å²) in [5, 5.41) is 29.1. The highest BCUT2D eigenvalue weighted by Crippen LogP contribution is 2.34. The largest absolute Gasteiger partial charge is 0.500 e. The van der Waals surface area contributed by atoms with E-state index in [2.05, 4.69) is 194 Å². The highest BCUT2D eigenvalue weighted by molar-refractivity contribution is 6.85. The molecule has 34 heteroatoms. The molecule has 3 aliphatic rings. The number of aliphatic hydroxyl groups is 2. The van der Waals surface area contributed by atoms with E-state index in [0.717, 1.165) is 222 Å². The minimum Gasteiger partial charge on any atom is -0.458 e. The summed E-state index contributed by atoms with van der Waals surface area (Å²) in [7, 11) is -15.9. The summed E-state index contributed by atoms with van der Waals surface area (Å²) in [5.41, 5.74) is 6.77. The van der Waals surface area contributed by atoms with Crippen LogP contribution in [0.25, 0.3) is 0 Å². The number of aliphatic hydroxyl groups excluding tert-OH is 1. The van der Waals surface area contributed by atoms with Crippen molar-refractivity contribution in [2.75, 3.05) is 125 Å². The van der Waals surface area contributed by atoms with Gasteiger partial charge in [0, 0.05) is 102 Å². The average molecular weight is 2290 g/mol. The molecule has 0 saturated carbocycles. The third-order valence-electron chi connectivity index (χ3n) is 24.5. The predicted octanol–water partition coefficient (Wildman–Crippen LogP) is 31.8. The maximum atomic E-state index is 10.6. The highest BCUT2D eigenvalue weighted by Gasteiger charge is 2.43. The fourth-order valence-electron chi connectivity index (χ4n) is 16.5. The minimum absolute atomic E-state index is 0.222. The second kappa shape index (κ2) is 94.2. The Labute approximate surface area is 929 Å². The summed E-state index contributed by atoms with van der Waals surface area (Å²) >= 11 is 5.56. The van der Waals surface area contributed by atoms with Crippen molar-refractivity contribution < 1.29 is 106 Å². The van der Waals surface area contributed by atoms with E-state index in [0.29, 0.717) is 95.8 Å². The van der Waals surface area contributed by atoms with Crippen LogP contribution >= 0.6 is 11.6 Å². The molecule has 886 valence electrons. The molecule has 24 nitrogen and oxygen atoms in total. The van der Waals surface area contributed by atoms with Crippen molar-refractivity contribution in [2.45, 2.75) is 509 Å². The number of rotatable bonds is 83. The van der Waals surface area contributed by atoms with E-state index in [9.17, 15) is 15.0 Å². The molecule has 5 unspecified atom stereocenters. The predicted molar refractivity (Wildman–Crippen MR) is 649 cm³/mol. The number of hydrogen-bond donors (Lipinski definition) is 4. The molecule has 0 aromatic heterocycles. The molecule has 3 aliphatic heterocycles. The van der Waals surface area contributed by atoms with Crippen LogP contribution in [0.3, 0.4) is 0 Å².